The molecule has 1 aliphatic heterocycles. The Bertz CT molecular complexity index is 1120. The van der Waals surface area contributed by atoms with Crippen molar-refractivity contribution in [2.45, 2.75) is 30.4 Å². The zero-order valence-corrected chi connectivity index (χ0v) is 17.5. The first-order chi connectivity index (χ1) is 13.9. The van der Waals surface area contributed by atoms with Gasteiger partial charge in [0.2, 0.25) is 0 Å². The summed E-state index contributed by atoms with van der Waals surface area (Å²) in [5.41, 5.74) is 6.07. The zero-order chi connectivity index (χ0) is 20.5. The largest absolute Gasteiger partial charge is 0.319 e. The van der Waals surface area contributed by atoms with Crippen molar-refractivity contribution in [2.75, 3.05) is 5.12 Å². The normalized spacial score (nSPS) is 17.1. The lowest BCUT2D eigenvalue weighted by molar-refractivity contribution is 0.572. The summed E-state index contributed by atoms with van der Waals surface area (Å²) in [6, 6.07) is 11.5. The molecule has 0 saturated carbocycles. The average Bonchev–Trinajstić information content (AvgIpc) is 3.32. The van der Waals surface area contributed by atoms with Crippen molar-refractivity contribution in [3.05, 3.63) is 58.5 Å². The Labute approximate surface area is 172 Å². The number of thioether (sulfide) groups is 1. The molecule has 1 aliphatic rings. The predicted molar refractivity (Wildman–Crippen MR) is 112 cm³/mol. The second kappa shape index (κ2) is 7.80. The molecule has 150 valence electrons. The molecular formula is C19H22N8OS. The summed E-state index contributed by atoms with van der Waals surface area (Å²) in [6.07, 6.45) is 1.54. The van der Waals surface area contributed by atoms with Gasteiger partial charge in [0.1, 0.15) is 0 Å². The summed E-state index contributed by atoms with van der Waals surface area (Å²) < 4.78 is 3.41. The summed E-state index contributed by atoms with van der Waals surface area (Å²) in [5, 5.41) is 19.7. The number of benzene rings is 1. The molecule has 1 aromatic carbocycles. The van der Waals surface area contributed by atoms with Crippen LogP contribution in [-0.2, 0) is 14.1 Å². The van der Waals surface area contributed by atoms with E-state index in [1.54, 1.807) is 36.2 Å². The van der Waals surface area contributed by atoms with E-state index in [0.29, 0.717) is 5.82 Å². The van der Waals surface area contributed by atoms with Crippen LogP contribution in [0.3, 0.4) is 0 Å². The molecule has 0 saturated heterocycles. The number of rotatable bonds is 5. The lowest BCUT2D eigenvalue weighted by Gasteiger charge is -2.19. The maximum atomic E-state index is 11.9. The summed E-state index contributed by atoms with van der Waals surface area (Å²) in [7, 11) is 3.61. The number of pyridine rings is 1. The molecule has 0 fully saturated rings. The molecule has 2 unspecified atom stereocenters. The second-order valence-electron chi connectivity index (χ2n) is 6.98. The van der Waals surface area contributed by atoms with Crippen LogP contribution in [0.4, 0.5) is 5.69 Å². The van der Waals surface area contributed by atoms with Crippen LogP contribution in [0.5, 0.6) is 0 Å². The molecule has 0 spiro atoms. The van der Waals surface area contributed by atoms with Gasteiger partial charge in [0.15, 0.2) is 17.1 Å². The Morgan fingerprint density at radius 1 is 1.17 bits per heavy atom. The van der Waals surface area contributed by atoms with Crippen LogP contribution in [0.1, 0.15) is 12.5 Å². The minimum atomic E-state index is -0.190. The molecule has 0 amide bonds. The van der Waals surface area contributed by atoms with E-state index in [2.05, 4.69) is 32.9 Å². The number of hydrogen-bond donors (Lipinski definition) is 1. The molecular weight excluding hydrogens is 388 g/mol. The summed E-state index contributed by atoms with van der Waals surface area (Å²) in [5.74, 6) is 0.653. The van der Waals surface area contributed by atoms with Gasteiger partial charge in [0.25, 0.3) is 5.56 Å². The van der Waals surface area contributed by atoms with Crippen molar-refractivity contribution in [3.8, 4) is 11.4 Å². The fourth-order valence-electron chi connectivity index (χ4n) is 2.96. The van der Waals surface area contributed by atoms with Crippen LogP contribution in [0.2, 0.25) is 0 Å². The third-order valence-electron chi connectivity index (χ3n) is 4.70. The van der Waals surface area contributed by atoms with Crippen molar-refractivity contribution in [2.24, 2.45) is 24.4 Å². The van der Waals surface area contributed by atoms with Gasteiger partial charge >= 0.3 is 0 Å². The summed E-state index contributed by atoms with van der Waals surface area (Å²) in [6.45, 7) is 4.11. The summed E-state index contributed by atoms with van der Waals surface area (Å²) in [4.78, 5) is 11.9. The van der Waals surface area contributed by atoms with E-state index in [-0.39, 0.29) is 17.0 Å². The topological polar surface area (TPSA) is 92.7 Å². The highest BCUT2D eigenvalue weighted by Gasteiger charge is 2.27. The van der Waals surface area contributed by atoms with Crippen LogP contribution < -0.4 is 16.1 Å². The van der Waals surface area contributed by atoms with Crippen LogP contribution in [0.25, 0.3) is 11.4 Å². The Kier molecular flexibility index (Phi) is 5.20. The maximum Gasteiger partial charge on any atom is 0.250 e. The average molecular weight is 411 g/mol. The maximum absolute atomic E-state index is 11.9. The lowest BCUT2D eigenvalue weighted by Crippen LogP contribution is -2.40. The van der Waals surface area contributed by atoms with Crippen LogP contribution in [0, 0.1) is 6.92 Å². The zero-order valence-electron chi connectivity index (χ0n) is 16.6. The van der Waals surface area contributed by atoms with Gasteiger partial charge in [-0.15, -0.1) is 15.3 Å². The van der Waals surface area contributed by atoms with E-state index in [1.165, 1.54) is 4.57 Å². The van der Waals surface area contributed by atoms with Crippen LogP contribution >= 0.6 is 11.8 Å². The molecule has 1 N–H and O–H groups in total. The van der Waals surface area contributed by atoms with Crippen molar-refractivity contribution >= 4 is 17.4 Å². The molecule has 3 aromatic rings. The van der Waals surface area contributed by atoms with Gasteiger partial charge in [-0.3, -0.25) is 4.79 Å². The smallest absolute Gasteiger partial charge is 0.250 e. The van der Waals surface area contributed by atoms with E-state index < -0.39 is 0 Å². The van der Waals surface area contributed by atoms with Crippen molar-refractivity contribution in [1.29, 1.82) is 0 Å². The third kappa shape index (κ3) is 3.94. The van der Waals surface area contributed by atoms with Crippen molar-refractivity contribution < 1.29 is 0 Å². The number of hydrogen-bond acceptors (Lipinski definition) is 8. The Hall–Kier alpha value is -2.98. The highest BCUT2D eigenvalue weighted by atomic mass is 32.2. The molecule has 0 bridgehead atoms. The molecule has 2 atom stereocenters. The molecule has 10 heteroatoms. The summed E-state index contributed by atoms with van der Waals surface area (Å²) >= 11 is 1.55. The fourth-order valence-corrected chi connectivity index (χ4v) is 3.87. The van der Waals surface area contributed by atoms with E-state index in [9.17, 15) is 4.79 Å². The van der Waals surface area contributed by atoms with E-state index in [0.717, 1.165) is 22.0 Å². The Morgan fingerprint density at radius 2 is 2.00 bits per heavy atom. The van der Waals surface area contributed by atoms with E-state index in [4.69, 9.17) is 0 Å². The number of aryl methyl sites for hydroxylation is 2. The van der Waals surface area contributed by atoms with Crippen molar-refractivity contribution in [1.82, 2.24) is 24.8 Å². The monoisotopic (exact) mass is 410 g/mol. The van der Waals surface area contributed by atoms with Gasteiger partial charge in [-0.25, -0.2) is 0 Å². The minimum absolute atomic E-state index is 0.0629. The molecule has 9 nitrogen and oxygen atoms in total. The van der Waals surface area contributed by atoms with E-state index in [1.807, 2.05) is 48.9 Å². The first-order valence-electron chi connectivity index (χ1n) is 9.19. The minimum Gasteiger partial charge on any atom is -0.319 e. The highest BCUT2D eigenvalue weighted by molar-refractivity contribution is 7.99. The lowest BCUT2D eigenvalue weighted by atomic mass is 10.2. The molecule has 4 rings (SSSR count). The Morgan fingerprint density at radius 3 is 2.76 bits per heavy atom. The molecule has 0 radical (unpaired) electrons. The van der Waals surface area contributed by atoms with Crippen molar-refractivity contribution in [3.63, 3.8) is 0 Å². The fraction of sp³-hybridized carbons (Fsp3) is 0.316. The predicted octanol–water partition coefficient (Wildman–Crippen LogP) is 2.69. The van der Waals surface area contributed by atoms with Gasteiger partial charge < -0.3 is 9.13 Å². The number of hydrazine groups is 1. The van der Waals surface area contributed by atoms with Gasteiger partial charge in [0, 0.05) is 37.2 Å². The number of aromatic nitrogens is 4. The standard InChI is InChI=1S/C19H22N8OS/c1-12-6-5-7-15(10-12)27-23-17(20-24-27)13(2)29-19-22-21-18(26(19)4)14-8-9-25(3)16(28)11-14/h5-11,13,17,23H,1-4H3. The molecule has 2 aromatic heterocycles. The van der Waals surface area contributed by atoms with Gasteiger partial charge in [0.05, 0.1) is 5.69 Å². The number of nitrogens with zero attached hydrogens (tertiary/aromatic N) is 7. The van der Waals surface area contributed by atoms with Gasteiger partial charge in [-0.1, -0.05) is 29.1 Å². The second-order valence-corrected chi connectivity index (χ2v) is 8.33. The number of anilines is 1. The quantitative estimate of drug-likeness (QED) is 0.650. The van der Waals surface area contributed by atoms with Gasteiger partial charge in [-0.2, -0.15) is 10.5 Å². The SMILES string of the molecule is Cc1cccc(N2N=NC(C(C)Sc3nnc(-c4ccn(C)c(=O)c4)n3C)N2)c1. The molecule has 3 heterocycles. The molecule has 0 aliphatic carbocycles. The van der Waals surface area contributed by atoms with Crippen LogP contribution in [0.15, 0.2) is 62.9 Å². The first kappa shape index (κ1) is 19.3. The van der Waals surface area contributed by atoms with E-state index >= 15 is 0 Å². The highest BCUT2D eigenvalue weighted by Crippen LogP contribution is 2.29. The van der Waals surface area contributed by atoms with Crippen LogP contribution in [-0.4, -0.2) is 30.7 Å². The third-order valence-corrected chi connectivity index (χ3v) is 5.90. The van der Waals surface area contributed by atoms with Gasteiger partial charge in [-0.05, 0) is 37.6 Å². The Balaban J connectivity index is 1.46. The number of nitrogens with one attached hydrogen (secondary N) is 1. The molecule has 29 heavy (non-hydrogen) atoms. The first-order valence-corrected chi connectivity index (χ1v) is 10.1.